The van der Waals surface area contributed by atoms with Gasteiger partial charge < -0.3 is 14.4 Å². The summed E-state index contributed by atoms with van der Waals surface area (Å²) in [4.78, 5) is 18.1. The summed E-state index contributed by atoms with van der Waals surface area (Å²) in [7, 11) is 1.65. The fraction of sp³-hybridized carbons (Fsp3) is 0.381. The van der Waals surface area contributed by atoms with E-state index in [9.17, 15) is 4.79 Å². The monoisotopic (exact) mass is 386 g/mol. The average molecular weight is 387 g/mol. The predicted octanol–water partition coefficient (Wildman–Crippen LogP) is 3.25. The van der Waals surface area contributed by atoms with Crippen molar-refractivity contribution in [3.8, 4) is 11.5 Å². The van der Waals surface area contributed by atoms with Gasteiger partial charge in [-0.3, -0.25) is 9.69 Å². The first-order chi connectivity index (χ1) is 13.2. The second-order valence-corrected chi connectivity index (χ2v) is 7.24. The average Bonchev–Trinajstić information content (AvgIpc) is 2.74. The lowest BCUT2D eigenvalue weighted by Crippen LogP contribution is -2.49. The third-order valence-corrected chi connectivity index (χ3v) is 5.47. The highest BCUT2D eigenvalue weighted by molar-refractivity contribution is 7.98. The molecule has 1 saturated heterocycles. The summed E-state index contributed by atoms with van der Waals surface area (Å²) in [6, 6.07) is 15.5. The van der Waals surface area contributed by atoms with Crippen LogP contribution in [0.4, 0.5) is 0 Å². The van der Waals surface area contributed by atoms with Crippen LogP contribution >= 0.6 is 11.8 Å². The Balaban J connectivity index is 1.43. The highest BCUT2D eigenvalue weighted by Crippen LogP contribution is 2.25. The Kier molecular flexibility index (Phi) is 7.01. The molecule has 1 aliphatic rings. The maximum atomic E-state index is 12.6. The topological polar surface area (TPSA) is 42.0 Å². The van der Waals surface area contributed by atoms with Gasteiger partial charge in [0.25, 0.3) is 5.91 Å². The highest BCUT2D eigenvalue weighted by Gasteiger charge is 2.22. The number of carbonyl (C=O) groups excluding carboxylic acids is 1. The summed E-state index contributed by atoms with van der Waals surface area (Å²) < 4.78 is 11.1. The second kappa shape index (κ2) is 9.67. The smallest absolute Gasteiger partial charge is 0.253 e. The lowest BCUT2D eigenvalue weighted by Gasteiger charge is -2.34. The largest absolute Gasteiger partial charge is 0.493 e. The van der Waals surface area contributed by atoms with Crippen LogP contribution in [0.2, 0.25) is 0 Å². The molecule has 1 heterocycles. The van der Waals surface area contributed by atoms with Crippen molar-refractivity contribution in [2.75, 3.05) is 52.7 Å². The van der Waals surface area contributed by atoms with Gasteiger partial charge in [0.05, 0.1) is 7.11 Å². The Morgan fingerprint density at radius 2 is 1.67 bits per heavy atom. The van der Waals surface area contributed by atoms with Crippen LogP contribution in [0.3, 0.4) is 0 Å². The molecule has 2 aromatic carbocycles. The van der Waals surface area contributed by atoms with Crippen LogP contribution < -0.4 is 9.47 Å². The van der Waals surface area contributed by atoms with Crippen LogP contribution in [0.5, 0.6) is 11.5 Å². The Morgan fingerprint density at radius 3 is 2.30 bits per heavy atom. The van der Waals surface area contributed by atoms with Gasteiger partial charge >= 0.3 is 0 Å². The summed E-state index contributed by atoms with van der Waals surface area (Å²) in [6.45, 7) is 4.66. The number of hydrogen-bond donors (Lipinski definition) is 0. The number of rotatable bonds is 7. The van der Waals surface area contributed by atoms with E-state index in [1.165, 1.54) is 4.90 Å². The first-order valence-corrected chi connectivity index (χ1v) is 10.3. The zero-order chi connectivity index (χ0) is 19.1. The fourth-order valence-electron chi connectivity index (χ4n) is 3.11. The Morgan fingerprint density at radius 1 is 1.00 bits per heavy atom. The molecule has 2 aromatic rings. The molecule has 0 atom stereocenters. The van der Waals surface area contributed by atoms with E-state index in [0.717, 1.165) is 49.8 Å². The second-order valence-electron chi connectivity index (χ2n) is 6.36. The standard InChI is InChI=1S/C21H26N2O3S/c1-25-19-5-3-4-6-20(19)26-16-15-22-11-13-23(14-12-22)21(24)17-7-9-18(27-2)10-8-17/h3-10H,11-16H2,1-2H3. The van der Waals surface area contributed by atoms with Gasteiger partial charge in [-0.05, 0) is 42.7 Å². The summed E-state index contributed by atoms with van der Waals surface area (Å²) in [5, 5.41) is 0. The molecule has 0 aromatic heterocycles. The predicted molar refractivity (Wildman–Crippen MR) is 109 cm³/mol. The Bertz CT molecular complexity index is 743. The number of nitrogens with zero attached hydrogens (tertiary/aromatic N) is 2. The highest BCUT2D eigenvalue weighted by atomic mass is 32.2. The lowest BCUT2D eigenvalue weighted by molar-refractivity contribution is 0.0619. The summed E-state index contributed by atoms with van der Waals surface area (Å²) in [6.07, 6.45) is 2.04. The minimum atomic E-state index is 0.118. The number of hydrogen-bond acceptors (Lipinski definition) is 5. The van der Waals surface area contributed by atoms with Crippen molar-refractivity contribution < 1.29 is 14.3 Å². The Labute approximate surface area is 165 Å². The number of methoxy groups -OCH3 is 1. The number of thioether (sulfide) groups is 1. The molecule has 1 aliphatic heterocycles. The van der Waals surface area contributed by atoms with Crippen molar-refractivity contribution in [3.05, 3.63) is 54.1 Å². The van der Waals surface area contributed by atoms with E-state index >= 15 is 0 Å². The number of ether oxygens (including phenoxy) is 2. The van der Waals surface area contributed by atoms with Gasteiger partial charge in [-0.2, -0.15) is 0 Å². The molecule has 1 fully saturated rings. The molecule has 0 bridgehead atoms. The molecule has 1 amide bonds. The maximum absolute atomic E-state index is 12.6. The third-order valence-electron chi connectivity index (χ3n) is 4.73. The minimum Gasteiger partial charge on any atom is -0.493 e. The Hall–Kier alpha value is -2.18. The van der Waals surface area contributed by atoms with Gasteiger partial charge in [-0.1, -0.05) is 12.1 Å². The van der Waals surface area contributed by atoms with E-state index in [1.807, 2.05) is 59.7 Å². The van der Waals surface area contributed by atoms with Crippen molar-refractivity contribution in [2.45, 2.75) is 4.90 Å². The SMILES string of the molecule is COc1ccccc1OCCN1CCN(C(=O)c2ccc(SC)cc2)CC1. The normalized spacial score (nSPS) is 14.8. The first kappa shape index (κ1) is 19.6. The quantitative estimate of drug-likeness (QED) is 0.684. The zero-order valence-electron chi connectivity index (χ0n) is 15.9. The zero-order valence-corrected chi connectivity index (χ0v) is 16.7. The number of para-hydroxylation sites is 2. The van der Waals surface area contributed by atoms with Crippen molar-refractivity contribution in [1.82, 2.24) is 9.80 Å². The summed E-state index contributed by atoms with van der Waals surface area (Å²) >= 11 is 1.68. The molecule has 0 radical (unpaired) electrons. The van der Waals surface area contributed by atoms with Crippen LogP contribution in [-0.2, 0) is 0 Å². The molecule has 0 saturated carbocycles. The van der Waals surface area contributed by atoms with Crippen molar-refractivity contribution in [1.29, 1.82) is 0 Å². The van der Waals surface area contributed by atoms with E-state index < -0.39 is 0 Å². The molecule has 5 nitrogen and oxygen atoms in total. The molecule has 27 heavy (non-hydrogen) atoms. The molecule has 0 spiro atoms. The van der Waals surface area contributed by atoms with Gasteiger partial charge in [-0.15, -0.1) is 11.8 Å². The van der Waals surface area contributed by atoms with Gasteiger partial charge in [-0.25, -0.2) is 0 Å². The molecule has 3 rings (SSSR count). The van der Waals surface area contributed by atoms with Gasteiger partial charge in [0.15, 0.2) is 11.5 Å². The maximum Gasteiger partial charge on any atom is 0.253 e. The number of piperazine rings is 1. The van der Waals surface area contributed by atoms with E-state index in [-0.39, 0.29) is 5.91 Å². The lowest BCUT2D eigenvalue weighted by atomic mass is 10.2. The van der Waals surface area contributed by atoms with Crippen LogP contribution in [0.1, 0.15) is 10.4 Å². The summed E-state index contributed by atoms with van der Waals surface area (Å²) in [5.74, 6) is 1.63. The van der Waals surface area contributed by atoms with Crippen LogP contribution in [-0.4, -0.2) is 68.4 Å². The van der Waals surface area contributed by atoms with Crippen LogP contribution in [0, 0.1) is 0 Å². The van der Waals surface area contributed by atoms with Crippen molar-refractivity contribution >= 4 is 17.7 Å². The van der Waals surface area contributed by atoms with Crippen LogP contribution in [0.15, 0.2) is 53.4 Å². The minimum absolute atomic E-state index is 0.118. The van der Waals surface area contributed by atoms with E-state index in [1.54, 1.807) is 18.9 Å². The molecule has 0 unspecified atom stereocenters. The number of benzene rings is 2. The molecule has 0 aliphatic carbocycles. The van der Waals surface area contributed by atoms with Gasteiger partial charge in [0.2, 0.25) is 0 Å². The fourth-order valence-corrected chi connectivity index (χ4v) is 3.52. The molecule has 0 N–H and O–H groups in total. The third kappa shape index (κ3) is 5.17. The van der Waals surface area contributed by atoms with E-state index in [4.69, 9.17) is 9.47 Å². The molecular formula is C21H26N2O3S. The van der Waals surface area contributed by atoms with Crippen LogP contribution in [0.25, 0.3) is 0 Å². The van der Waals surface area contributed by atoms with E-state index in [2.05, 4.69) is 4.90 Å². The summed E-state index contributed by atoms with van der Waals surface area (Å²) in [5.41, 5.74) is 0.765. The first-order valence-electron chi connectivity index (χ1n) is 9.13. The van der Waals surface area contributed by atoms with Gasteiger partial charge in [0.1, 0.15) is 6.61 Å². The molecule has 6 heteroatoms. The van der Waals surface area contributed by atoms with Crippen molar-refractivity contribution in [2.24, 2.45) is 0 Å². The number of carbonyl (C=O) groups is 1. The van der Waals surface area contributed by atoms with E-state index in [0.29, 0.717) is 6.61 Å². The molecular weight excluding hydrogens is 360 g/mol. The molecule has 144 valence electrons. The van der Waals surface area contributed by atoms with Crippen molar-refractivity contribution in [3.63, 3.8) is 0 Å². The number of amides is 1. The van der Waals surface area contributed by atoms with Gasteiger partial charge in [0, 0.05) is 43.2 Å².